The second kappa shape index (κ2) is 5.61. The largest absolute Gasteiger partial charge is 0.330 e. The Bertz CT molecular complexity index is 290. The highest BCUT2D eigenvalue weighted by Crippen LogP contribution is 2.34. The number of hydrogen-bond donors (Lipinski definition) is 1. The second-order valence-electron chi connectivity index (χ2n) is 4.39. The van der Waals surface area contributed by atoms with Gasteiger partial charge in [-0.15, -0.1) is 11.3 Å². The van der Waals surface area contributed by atoms with Crippen molar-refractivity contribution in [3.05, 3.63) is 16.1 Å². The minimum Gasteiger partial charge on any atom is -0.330 e. The zero-order valence-corrected chi connectivity index (χ0v) is 10.1. The van der Waals surface area contributed by atoms with Crippen molar-refractivity contribution < 1.29 is 0 Å². The fourth-order valence-corrected chi connectivity index (χ4v) is 3.19. The third-order valence-electron chi connectivity index (χ3n) is 3.19. The Balaban J connectivity index is 1.86. The van der Waals surface area contributed by atoms with E-state index >= 15 is 0 Å². The summed E-state index contributed by atoms with van der Waals surface area (Å²) in [4.78, 5) is 4.74. The van der Waals surface area contributed by atoms with Crippen molar-refractivity contribution in [3.63, 3.8) is 0 Å². The summed E-state index contributed by atoms with van der Waals surface area (Å²) < 4.78 is 0. The van der Waals surface area contributed by atoms with Gasteiger partial charge in [0.2, 0.25) is 0 Å². The van der Waals surface area contributed by atoms with Gasteiger partial charge in [0.25, 0.3) is 0 Å². The summed E-state index contributed by atoms with van der Waals surface area (Å²) in [6.45, 7) is 0.806. The summed E-state index contributed by atoms with van der Waals surface area (Å²) >= 11 is 1.83. The van der Waals surface area contributed by atoms with Gasteiger partial charge < -0.3 is 5.73 Å². The molecule has 84 valence electrons. The maximum absolute atomic E-state index is 5.48. The molecule has 0 unspecified atom stereocenters. The molecule has 0 atom stereocenters. The number of hydrogen-bond acceptors (Lipinski definition) is 3. The number of unbranched alkanes of at least 4 members (excludes halogenated alkanes) is 1. The number of nitrogens with two attached hydrogens (primary N) is 1. The molecule has 0 aromatic carbocycles. The minimum atomic E-state index is 0.768. The molecule has 15 heavy (non-hydrogen) atoms. The summed E-state index contributed by atoms with van der Waals surface area (Å²) in [5.41, 5.74) is 6.84. The van der Waals surface area contributed by atoms with Crippen LogP contribution in [0.15, 0.2) is 5.38 Å². The summed E-state index contributed by atoms with van der Waals surface area (Å²) in [6, 6.07) is 0. The Kier molecular flexibility index (Phi) is 4.15. The minimum absolute atomic E-state index is 0.768. The van der Waals surface area contributed by atoms with E-state index in [9.17, 15) is 0 Å². The van der Waals surface area contributed by atoms with Crippen LogP contribution in [-0.4, -0.2) is 11.5 Å². The first-order chi connectivity index (χ1) is 7.40. The van der Waals surface area contributed by atoms with E-state index in [-0.39, 0.29) is 0 Å². The zero-order valence-electron chi connectivity index (χ0n) is 9.24. The van der Waals surface area contributed by atoms with E-state index in [1.807, 2.05) is 11.3 Å². The van der Waals surface area contributed by atoms with Gasteiger partial charge >= 0.3 is 0 Å². The summed E-state index contributed by atoms with van der Waals surface area (Å²) in [7, 11) is 0. The number of aryl methyl sites for hydroxylation is 1. The van der Waals surface area contributed by atoms with Crippen molar-refractivity contribution >= 4 is 11.3 Å². The van der Waals surface area contributed by atoms with Gasteiger partial charge in [0.15, 0.2) is 0 Å². The van der Waals surface area contributed by atoms with Crippen LogP contribution in [0, 0.1) is 0 Å². The average Bonchev–Trinajstić information content (AvgIpc) is 2.87. The van der Waals surface area contributed by atoms with Crippen LogP contribution < -0.4 is 5.73 Å². The van der Waals surface area contributed by atoms with E-state index in [0.717, 1.165) is 25.3 Å². The molecule has 1 aromatic rings. The van der Waals surface area contributed by atoms with Crippen molar-refractivity contribution in [3.8, 4) is 0 Å². The molecule has 2 N–H and O–H groups in total. The van der Waals surface area contributed by atoms with Crippen LogP contribution >= 0.6 is 11.3 Å². The first-order valence-corrected chi connectivity index (χ1v) is 6.92. The molecule has 0 bridgehead atoms. The Morgan fingerprint density at radius 2 is 2.13 bits per heavy atom. The smallest absolute Gasteiger partial charge is 0.0928 e. The molecular formula is C12H20N2S. The third-order valence-corrected chi connectivity index (χ3v) is 4.11. The average molecular weight is 224 g/mol. The van der Waals surface area contributed by atoms with Crippen molar-refractivity contribution in [2.45, 2.75) is 50.9 Å². The predicted octanol–water partition coefficient (Wildman–Crippen LogP) is 3.08. The monoisotopic (exact) mass is 224 g/mol. The van der Waals surface area contributed by atoms with Gasteiger partial charge in [-0.2, -0.15) is 0 Å². The Morgan fingerprint density at radius 1 is 1.33 bits per heavy atom. The molecule has 3 heteroatoms. The molecular weight excluding hydrogens is 204 g/mol. The molecule has 1 saturated carbocycles. The van der Waals surface area contributed by atoms with E-state index < -0.39 is 0 Å². The highest BCUT2D eigenvalue weighted by molar-refractivity contribution is 7.09. The normalized spacial score (nSPS) is 17.4. The van der Waals surface area contributed by atoms with E-state index in [1.165, 1.54) is 42.8 Å². The molecule has 0 amide bonds. The predicted molar refractivity (Wildman–Crippen MR) is 65.3 cm³/mol. The number of nitrogens with zero attached hydrogens (tertiary/aromatic N) is 1. The van der Waals surface area contributed by atoms with Gasteiger partial charge in [0, 0.05) is 11.3 Å². The van der Waals surface area contributed by atoms with Crippen LogP contribution in [0.25, 0.3) is 0 Å². The van der Waals surface area contributed by atoms with Crippen LogP contribution in [0.4, 0.5) is 0 Å². The molecule has 2 rings (SSSR count). The molecule has 1 aliphatic rings. The maximum Gasteiger partial charge on any atom is 0.0928 e. The summed E-state index contributed by atoms with van der Waals surface area (Å²) in [6.07, 6.45) is 8.92. The van der Waals surface area contributed by atoms with Gasteiger partial charge in [0.1, 0.15) is 0 Å². The standard InChI is InChI=1S/C12H20N2S/c13-8-4-3-7-12-14-11(9-15-12)10-5-1-2-6-10/h9-10H,1-8,13H2. The van der Waals surface area contributed by atoms with Crippen LogP contribution in [0.2, 0.25) is 0 Å². The first-order valence-electron chi connectivity index (χ1n) is 6.04. The Labute approximate surface area is 95.9 Å². The van der Waals surface area contributed by atoms with E-state index in [0.29, 0.717) is 0 Å². The third kappa shape index (κ3) is 3.02. The highest BCUT2D eigenvalue weighted by Gasteiger charge is 2.19. The van der Waals surface area contributed by atoms with Crippen LogP contribution in [0.5, 0.6) is 0 Å². The van der Waals surface area contributed by atoms with E-state index in [1.54, 1.807) is 0 Å². The van der Waals surface area contributed by atoms with Crippen molar-refractivity contribution in [1.29, 1.82) is 0 Å². The molecule has 1 heterocycles. The SMILES string of the molecule is NCCCCc1nc(C2CCCC2)cs1. The Hall–Kier alpha value is -0.410. The van der Waals surface area contributed by atoms with E-state index in [2.05, 4.69) is 5.38 Å². The molecule has 0 saturated heterocycles. The molecule has 0 radical (unpaired) electrons. The molecule has 2 nitrogen and oxygen atoms in total. The summed E-state index contributed by atoms with van der Waals surface area (Å²) in [5, 5.41) is 3.58. The van der Waals surface area contributed by atoms with Crippen LogP contribution in [-0.2, 0) is 6.42 Å². The van der Waals surface area contributed by atoms with Gasteiger partial charge in [-0.3, -0.25) is 0 Å². The molecule has 1 aliphatic carbocycles. The summed E-state index contributed by atoms with van der Waals surface area (Å²) in [5.74, 6) is 0.768. The topological polar surface area (TPSA) is 38.9 Å². The van der Waals surface area contributed by atoms with Gasteiger partial charge in [0.05, 0.1) is 10.7 Å². The lowest BCUT2D eigenvalue weighted by Crippen LogP contribution is -1.99. The van der Waals surface area contributed by atoms with Crippen LogP contribution in [0.3, 0.4) is 0 Å². The molecule has 1 aromatic heterocycles. The highest BCUT2D eigenvalue weighted by atomic mass is 32.1. The number of aromatic nitrogens is 1. The quantitative estimate of drug-likeness (QED) is 0.781. The van der Waals surface area contributed by atoms with Crippen LogP contribution in [0.1, 0.15) is 55.1 Å². The number of rotatable bonds is 5. The molecule has 1 fully saturated rings. The Morgan fingerprint density at radius 3 is 2.87 bits per heavy atom. The lowest BCUT2D eigenvalue weighted by molar-refractivity contribution is 0.691. The van der Waals surface area contributed by atoms with Gasteiger partial charge in [-0.05, 0) is 38.6 Å². The fourth-order valence-electron chi connectivity index (χ4n) is 2.27. The number of thiazole rings is 1. The fraction of sp³-hybridized carbons (Fsp3) is 0.750. The maximum atomic E-state index is 5.48. The van der Waals surface area contributed by atoms with Gasteiger partial charge in [-0.1, -0.05) is 12.8 Å². The lowest BCUT2D eigenvalue weighted by atomic mass is 10.1. The van der Waals surface area contributed by atoms with E-state index in [4.69, 9.17) is 10.7 Å². The van der Waals surface area contributed by atoms with Gasteiger partial charge in [-0.25, -0.2) is 4.98 Å². The second-order valence-corrected chi connectivity index (χ2v) is 5.34. The van der Waals surface area contributed by atoms with Crippen molar-refractivity contribution in [2.24, 2.45) is 5.73 Å². The van der Waals surface area contributed by atoms with Crippen molar-refractivity contribution in [1.82, 2.24) is 4.98 Å². The molecule has 0 aliphatic heterocycles. The molecule has 0 spiro atoms. The first kappa shape index (κ1) is 11.1. The zero-order chi connectivity index (χ0) is 10.5. The van der Waals surface area contributed by atoms with Crippen molar-refractivity contribution in [2.75, 3.05) is 6.54 Å². The lowest BCUT2D eigenvalue weighted by Gasteiger charge is -2.03.